The number of aromatic nitrogens is 1. The monoisotopic (exact) mass is 237 g/mol. The van der Waals surface area contributed by atoms with Crippen LogP contribution in [0.3, 0.4) is 0 Å². The van der Waals surface area contributed by atoms with E-state index in [0.29, 0.717) is 0 Å². The highest BCUT2D eigenvalue weighted by molar-refractivity contribution is 5.31. The van der Waals surface area contributed by atoms with Gasteiger partial charge in [0, 0.05) is 36.7 Å². The maximum Gasteiger partial charge on any atom is 0.0807 e. The minimum Gasteiger partial charge on any atom is -0.388 e. The molecular formula is C14H23NO2. The van der Waals surface area contributed by atoms with Crippen LogP contribution in [0.2, 0.25) is 0 Å². The molecule has 0 bridgehead atoms. The SMILES string of the molecule is CCOCCCn1c(C)cc2c1CCCC2O. The number of nitrogens with zero attached hydrogens (tertiary/aromatic N) is 1. The average Bonchev–Trinajstić information content (AvgIpc) is 2.63. The van der Waals surface area contributed by atoms with Gasteiger partial charge in [-0.15, -0.1) is 0 Å². The summed E-state index contributed by atoms with van der Waals surface area (Å²) in [6.07, 6.45) is 3.92. The molecule has 1 aromatic heterocycles. The molecule has 0 saturated heterocycles. The minimum absolute atomic E-state index is 0.245. The van der Waals surface area contributed by atoms with Crippen LogP contribution in [0.25, 0.3) is 0 Å². The summed E-state index contributed by atoms with van der Waals surface area (Å²) in [5.41, 5.74) is 3.77. The molecule has 2 rings (SSSR count). The number of hydrogen-bond acceptors (Lipinski definition) is 2. The van der Waals surface area contributed by atoms with Gasteiger partial charge in [-0.3, -0.25) is 0 Å². The lowest BCUT2D eigenvalue weighted by Gasteiger charge is -2.20. The number of rotatable bonds is 5. The van der Waals surface area contributed by atoms with E-state index in [-0.39, 0.29) is 6.10 Å². The molecule has 0 amide bonds. The van der Waals surface area contributed by atoms with E-state index in [1.807, 2.05) is 6.92 Å². The van der Waals surface area contributed by atoms with Crippen LogP contribution in [0.15, 0.2) is 6.07 Å². The lowest BCUT2D eigenvalue weighted by atomic mass is 9.95. The van der Waals surface area contributed by atoms with Gasteiger partial charge in [0.2, 0.25) is 0 Å². The Morgan fingerprint density at radius 1 is 1.53 bits per heavy atom. The Morgan fingerprint density at radius 2 is 2.35 bits per heavy atom. The first-order chi connectivity index (χ1) is 8.24. The van der Waals surface area contributed by atoms with Crippen molar-refractivity contribution in [2.45, 2.75) is 52.2 Å². The minimum atomic E-state index is -0.245. The van der Waals surface area contributed by atoms with Crippen molar-refractivity contribution in [3.05, 3.63) is 23.0 Å². The number of fused-ring (bicyclic) bond motifs is 1. The molecule has 0 aromatic carbocycles. The molecule has 1 N–H and O–H groups in total. The Labute approximate surface area is 103 Å². The van der Waals surface area contributed by atoms with E-state index < -0.39 is 0 Å². The zero-order chi connectivity index (χ0) is 12.3. The first-order valence-corrected chi connectivity index (χ1v) is 6.68. The van der Waals surface area contributed by atoms with Crippen molar-refractivity contribution in [1.82, 2.24) is 4.57 Å². The first-order valence-electron chi connectivity index (χ1n) is 6.68. The summed E-state index contributed by atoms with van der Waals surface area (Å²) in [5, 5.41) is 9.97. The summed E-state index contributed by atoms with van der Waals surface area (Å²) >= 11 is 0. The van der Waals surface area contributed by atoms with Crippen LogP contribution in [0.5, 0.6) is 0 Å². The highest BCUT2D eigenvalue weighted by atomic mass is 16.5. The predicted molar refractivity (Wildman–Crippen MR) is 68.2 cm³/mol. The number of ether oxygens (including phenoxy) is 1. The fourth-order valence-corrected chi connectivity index (χ4v) is 2.72. The lowest BCUT2D eigenvalue weighted by molar-refractivity contribution is 0.140. The van der Waals surface area contributed by atoms with Gasteiger partial charge in [-0.2, -0.15) is 0 Å². The van der Waals surface area contributed by atoms with Gasteiger partial charge >= 0.3 is 0 Å². The average molecular weight is 237 g/mol. The third-order valence-corrected chi connectivity index (χ3v) is 3.57. The summed E-state index contributed by atoms with van der Waals surface area (Å²) < 4.78 is 7.73. The van der Waals surface area contributed by atoms with Crippen molar-refractivity contribution in [2.75, 3.05) is 13.2 Å². The predicted octanol–water partition coefficient (Wildman–Crippen LogP) is 2.59. The lowest BCUT2D eigenvalue weighted by Crippen LogP contribution is -2.13. The molecule has 0 saturated carbocycles. The summed E-state index contributed by atoms with van der Waals surface area (Å²) in [4.78, 5) is 0. The molecule has 0 fully saturated rings. The molecule has 1 unspecified atom stereocenters. The van der Waals surface area contributed by atoms with Crippen LogP contribution in [0, 0.1) is 6.92 Å². The smallest absolute Gasteiger partial charge is 0.0807 e. The number of hydrogen-bond donors (Lipinski definition) is 1. The fraction of sp³-hybridized carbons (Fsp3) is 0.714. The molecule has 0 spiro atoms. The molecule has 0 aliphatic heterocycles. The normalized spacial score (nSPS) is 19.4. The third-order valence-electron chi connectivity index (χ3n) is 3.57. The maximum absolute atomic E-state index is 9.97. The summed E-state index contributed by atoms with van der Waals surface area (Å²) in [7, 11) is 0. The molecular weight excluding hydrogens is 214 g/mol. The third kappa shape index (κ3) is 2.72. The van der Waals surface area contributed by atoms with Crippen molar-refractivity contribution >= 4 is 0 Å². The Hall–Kier alpha value is -0.800. The van der Waals surface area contributed by atoms with E-state index in [2.05, 4.69) is 17.6 Å². The van der Waals surface area contributed by atoms with E-state index in [1.165, 1.54) is 11.4 Å². The molecule has 96 valence electrons. The fourth-order valence-electron chi connectivity index (χ4n) is 2.72. The second kappa shape index (κ2) is 5.69. The Balaban J connectivity index is 2.06. The second-order valence-electron chi connectivity index (χ2n) is 4.80. The molecule has 1 aliphatic carbocycles. The molecule has 3 nitrogen and oxygen atoms in total. The van der Waals surface area contributed by atoms with Gasteiger partial charge in [0.25, 0.3) is 0 Å². The number of aliphatic hydroxyl groups is 1. The zero-order valence-corrected chi connectivity index (χ0v) is 10.9. The van der Waals surface area contributed by atoms with Crippen LogP contribution in [0.1, 0.15) is 49.2 Å². The number of aliphatic hydroxyl groups excluding tert-OH is 1. The standard InChI is InChI=1S/C14H23NO2/c1-3-17-9-5-8-15-11(2)10-12-13(15)6-4-7-14(12)16/h10,14,16H,3-9H2,1-2H3. The van der Waals surface area contributed by atoms with Gasteiger partial charge in [0.05, 0.1) is 6.10 Å². The molecule has 1 heterocycles. The van der Waals surface area contributed by atoms with E-state index in [1.54, 1.807) is 0 Å². The topological polar surface area (TPSA) is 34.4 Å². The van der Waals surface area contributed by atoms with Crippen molar-refractivity contribution in [3.8, 4) is 0 Å². The van der Waals surface area contributed by atoms with Gasteiger partial charge in [0.1, 0.15) is 0 Å². The molecule has 0 radical (unpaired) electrons. The van der Waals surface area contributed by atoms with Crippen molar-refractivity contribution < 1.29 is 9.84 Å². The Bertz CT molecular complexity index is 371. The molecule has 17 heavy (non-hydrogen) atoms. The van der Waals surface area contributed by atoms with E-state index in [0.717, 1.165) is 51.0 Å². The van der Waals surface area contributed by atoms with E-state index in [4.69, 9.17) is 4.74 Å². The van der Waals surface area contributed by atoms with Crippen molar-refractivity contribution in [3.63, 3.8) is 0 Å². The van der Waals surface area contributed by atoms with Gasteiger partial charge in [-0.25, -0.2) is 0 Å². The van der Waals surface area contributed by atoms with Crippen LogP contribution >= 0.6 is 0 Å². The largest absolute Gasteiger partial charge is 0.388 e. The Kier molecular flexibility index (Phi) is 4.24. The van der Waals surface area contributed by atoms with Crippen molar-refractivity contribution in [2.24, 2.45) is 0 Å². The van der Waals surface area contributed by atoms with Crippen LogP contribution in [-0.4, -0.2) is 22.9 Å². The highest BCUT2D eigenvalue weighted by Crippen LogP contribution is 2.32. The number of aryl methyl sites for hydroxylation is 1. The van der Waals surface area contributed by atoms with Gasteiger partial charge < -0.3 is 14.4 Å². The molecule has 1 aliphatic rings. The van der Waals surface area contributed by atoms with Crippen molar-refractivity contribution in [1.29, 1.82) is 0 Å². The summed E-state index contributed by atoms with van der Waals surface area (Å²) in [6.45, 7) is 6.78. The zero-order valence-electron chi connectivity index (χ0n) is 10.9. The van der Waals surface area contributed by atoms with Gasteiger partial charge in [-0.05, 0) is 45.6 Å². The van der Waals surface area contributed by atoms with Crippen LogP contribution < -0.4 is 0 Å². The van der Waals surface area contributed by atoms with E-state index >= 15 is 0 Å². The first kappa shape index (κ1) is 12.7. The molecule has 1 aromatic rings. The summed E-state index contributed by atoms with van der Waals surface area (Å²) in [5.74, 6) is 0. The maximum atomic E-state index is 9.97. The highest BCUT2D eigenvalue weighted by Gasteiger charge is 2.22. The van der Waals surface area contributed by atoms with Crippen LogP contribution in [-0.2, 0) is 17.7 Å². The van der Waals surface area contributed by atoms with Gasteiger partial charge in [0.15, 0.2) is 0 Å². The second-order valence-corrected chi connectivity index (χ2v) is 4.80. The Morgan fingerprint density at radius 3 is 3.12 bits per heavy atom. The molecule has 3 heteroatoms. The quantitative estimate of drug-likeness (QED) is 0.799. The van der Waals surface area contributed by atoms with Gasteiger partial charge in [-0.1, -0.05) is 0 Å². The van der Waals surface area contributed by atoms with Crippen LogP contribution in [0.4, 0.5) is 0 Å². The van der Waals surface area contributed by atoms with E-state index in [9.17, 15) is 5.11 Å². The summed E-state index contributed by atoms with van der Waals surface area (Å²) in [6, 6.07) is 2.15. The molecule has 1 atom stereocenters.